The van der Waals surface area contributed by atoms with Crippen LogP contribution in [0.25, 0.3) is 11.0 Å². The lowest BCUT2D eigenvalue weighted by molar-refractivity contribution is 0.352. The first-order valence-corrected chi connectivity index (χ1v) is 6.54. The number of nitrogens with zero attached hydrogens (tertiary/aromatic N) is 1. The fourth-order valence-corrected chi connectivity index (χ4v) is 2.32. The summed E-state index contributed by atoms with van der Waals surface area (Å²) in [5.74, 6) is 0. The molecule has 0 aliphatic carbocycles. The van der Waals surface area contributed by atoms with Crippen LogP contribution in [0.2, 0.25) is 5.02 Å². The zero-order chi connectivity index (χ0) is 12.6. The van der Waals surface area contributed by atoms with Crippen LogP contribution < -0.4 is 0 Å². The van der Waals surface area contributed by atoms with Crippen molar-refractivity contribution < 1.29 is 0 Å². The average Bonchev–Trinajstić information content (AvgIpc) is 2.52. The Morgan fingerprint density at radius 2 is 2.06 bits per heavy atom. The first kappa shape index (κ1) is 12.7. The second kappa shape index (κ2) is 4.46. The van der Waals surface area contributed by atoms with E-state index in [0.29, 0.717) is 5.41 Å². The van der Waals surface area contributed by atoms with Gasteiger partial charge >= 0.3 is 0 Å². The normalized spacial score (nSPS) is 12.2. The largest absolute Gasteiger partial charge is 0.329 e. The van der Waals surface area contributed by atoms with Gasteiger partial charge in [0.15, 0.2) is 4.77 Å². The summed E-state index contributed by atoms with van der Waals surface area (Å²) in [5.41, 5.74) is 2.33. The highest BCUT2D eigenvalue weighted by molar-refractivity contribution is 7.71. The van der Waals surface area contributed by atoms with E-state index in [1.54, 1.807) is 0 Å². The molecule has 0 spiro atoms. The van der Waals surface area contributed by atoms with Crippen molar-refractivity contribution in [1.29, 1.82) is 0 Å². The number of benzene rings is 1. The fourth-order valence-electron chi connectivity index (χ4n) is 1.81. The highest BCUT2D eigenvalue weighted by Crippen LogP contribution is 2.25. The monoisotopic (exact) mass is 268 g/mol. The van der Waals surface area contributed by atoms with Crippen LogP contribution >= 0.6 is 23.8 Å². The van der Waals surface area contributed by atoms with Crippen molar-refractivity contribution >= 4 is 34.9 Å². The van der Waals surface area contributed by atoms with Crippen LogP contribution in [0.3, 0.4) is 0 Å². The summed E-state index contributed by atoms with van der Waals surface area (Å²) in [5, 5.41) is 0.725. The van der Waals surface area contributed by atoms with Crippen LogP contribution in [0, 0.1) is 10.2 Å². The van der Waals surface area contributed by atoms with Gasteiger partial charge in [-0.25, -0.2) is 0 Å². The lowest BCUT2D eigenvalue weighted by atomic mass is 9.92. The minimum atomic E-state index is 0.303. The number of imidazole rings is 1. The number of aromatic nitrogens is 2. The second-order valence-corrected chi connectivity index (χ2v) is 6.32. The van der Waals surface area contributed by atoms with Crippen molar-refractivity contribution in [1.82, 2.24) is 9.55 Å². The van der Waals surface area contributed by atoms with E-state index in [4.69, 9.17) is 23.8 Å². The van der Waals surface area contributed by atoms with E-state index in [1.165, 1.54) is 0 Å². The van der Waals surface area contributed by atoms with Gasteiger partial charge in [0.05, 0.1) is 16.1 Å². The molecule has 0 bridgehead atoms. The first-order valence-electron chi connectivity index (χ1n) is 5.75. The lowest BCUT2D eigenvalue weighted by Crippen LogP contribution is -2.10. The molecule has 0 radical (unpaired) electrons. The highest BCUT2D eigenvalue weighted by Gasteiger charge is 2.12. The molecule has 1 N–H and O–H groups in total. The summed E-state index contributed by atoms with van der Waals surface area (Å²) in [7, 11) is 0. The smallest absolute Gasteiger partial charge is 0.178 e. The number of fused-ring (bicyclic) bond motifs is 1. The maximum atomic E-state index is 6.14. The van der Waals surface area contributed by atoms with E-state index >= 15 is 0 Å². The summed E-state index contributed by atoms with van der Waals surface area (Å²) in [6, 6.07) is 5.89. The minimum Gasteiger partial charge on any atom is -0.329 e. The number of nitrogens with one attached hydrogen (secondary N) is 1. The van der Waals surface area contributed by atoms with Gasteiger partial charge in [0.2, 0.25) is 0 Å². The van der Waals surface area contributed by atoms with Crippen LogP contribution in [-0.4, -0.2) is 9.55 Å². The van der Waals surface area contributed by atoms with Gasteiger partial charge in [-0.05, 0) is 36.2 Å². The third kappa shape index (κ3) is 2.72. The maximum absolute atomic E-state index is 6.14. The van der Waals surface area contributed by atoms with Crippen LogP contribution in [0.5, 0.6) is 0 Å². The summed E-state index contributed by atoms with van der Waals surface area (Å²) in [6.07, 6.45) is 1.08. The molecule has 0 aliphatic heterocycles. The quantitative estimate of drug-likeness (QED) is 0.777. The van der Waals surface area contributed by atoms with Crippen LogP contribution in [0.4, 0.5) is 0 Å². The summed E-state index contributed by atoms with van der Waals surface area (Å²) < 4.78 is 2.87. The summed E-state index contributed by atoms with van der Waals surface area (Å²) in [6.45, 7) is 7.62. The minimum absolute atomic E-state index is 0.303. The maximum Gasteiger partial charge on any atom is 0.178 e. The Labute approximate surface area is 112 Å². The molecule has 0 atom stereocenters. The SMILES string of the molecule is CC(C)(C)CCn1c(=S)[nH]c2c(Cl)cccc21. The molecule has 17 heavy (non-hydrogen) atoms. The Morgan fingerprint density at radius 3 is 2.71 bits per heavy atom. The summed E-state index contributed by atoms with van der Waals surface area (Å²) in [4.78, 5) is 3.18. The Kier molecular flexibility index (Phi) is 3.32. The molecule has 2 aromatic rings. The zero-order valence-corrected chi connectivity index (χ0v) is 12.0. The van der Waals surface area contributed by atoms with Gasteiger partial charge in [-0.2, -0.15) is 0 Å². The van der Waals surface area contributed by atoms with E-state index in [9.17, 15) is 0 Å². The van der Waals surface area contributed by atoms with Gasteiger partial charge in [-0.15, -0.1) is 0 Å². The molecule has 4 heteroatoms. The van der Waals surface area contributed by atoms with Gasteiger partial charge in [0, 0.05) is 6.54 Å². The average molecular weight is 269 g/mol. The lowest BCUT2D eigenvalue weighted by Gasteiger charge is -2.18. The number of H-pyrrole nitrogens is 1. The van der Waals surface area contributed by atoms with Gasteiger partial charge in [-0.1, -0.05) is 38.4 Å². The number of rotatable bonds is 2. The van der Waals surface area contributed by atoms with Gasteiger partial charge < -0.3 is 9.55 Å². The number of aromatic amines is 1. The molecule has 1 heterocycles. The standard InChI is InChI=1S/C13H17ClN2S/c1-13(2,3)7-8-16-10-6-4-5-9(14)11(10)15-12(16)17/h4-6H,7-8H2,1-3H3,(H,15,17). The van der Waals surface area contributed by atoms with E-state index in [0.717, 1.165) is 33.8 Å². The predicted molar refractivity (Wildman–Crippen MR) is 76.2 cm³/mol. The molecular formula is C13H17ClN2S. The van der Waals surface area contributed by atoms with Crippen molar-refractivity contribution in [3.8, 4) is 0 Å². The van der Waals surface area contributed by atoms with Crippen LogP contribution in [0.15, 0.2) is 18.2 Å². The molecule has 0 amide bonds. The van der Waals surface area contributed by atoms with Crippen LogP contribution in [0.1, 0.15) is 27.2 Å². The third-order valence-corrected chi connectivity index (χ3v) is 3.48. The molecule has 0 saturated heterocycles. The Morgan fingerprint density at radius 1 is 1.35 bits per heavy atom. The van der Waals surface area contributed by atoms with Crippen molar-refractivity contribution in [2.75, 3.05) is 0 Å². The molecule has 1 aromatic carbocycles. The summed E-state index contributed by atoms with van der Waals surface area (Å²) >= 11 is 11.5. The van der Waals surface area contributed by atoms with Crippen LogP contribution in [-0.2, 0) is 6.54 Å². The van der Waals surface area contributed by atoms with E-state index in [1.807, 2.05) is 12.1 Å². The number of hydrogen-bond acceptors (Lipinski definition) is 1. The van der Waals surface area contributed by atoms with Crippen molar-refractivity contribution in [2.24, 2.45) is 5.41 Å². The van der Waals surface area contributed by atoms with E-state index in [2.05, 4.69) is 36.4 Å². The molecule has 0 saturated carbocycles. The third-order valence-electron chi connectivity index (χ3n) is 2.84. The van der Waals surface area contributed by atoms with Crippen molar-refractivity contribution in [2.45, 2.75) is 33.7 Å². The van der Waals surface area contributed by atoms with Gasteiger partial charge in [0.1, 0.15) is 0 Å². The Bertz CT molecular complexity index is 589. The molecule has 1 aromatic heterocycles. The van der Waals surface area contributed by atoms with Gasteiger partial charge in [-0.3, -0.25) is 0 Å². The number of halogens is 1. The molecule has 92 valence electrons. The second-order valence-electron chi connectivity index (χ2n) is 5.53. The fraction of sp³-hybridized carbons (Fsp3) is 0.462. The van der Waals surface area contributed by atoms with Crippen molar-refractivity contribution in [3.63, 3.8) is 0 Å². The van der Waals surface area contributed by atoms with Crippen molar-refractivity contribution in [3.05, 3.63) is 28.0 Å². The molecule has 0 aliphatic rings. The zero-order valence-electron chi connectivity index (χ0n) is 10.4. The first-order chi connectivity index (χ1) is 7.88. The number of para-hydroxylation sites is 1. The molecule has 0 fully saturated rings. The topological polar surface area (TPSA) is 20.7 Å². The molecule has 2 rings (SSSR count). The van der Waals surface area contributed by atoms with Gasteiger partial charge in [0.25, 0.3) is 0 Å². The van der Waals surface area contributed by atoms with E-state index < -0.39 is 0 Å². The Hall–Kier alpha value is -0.800. The highest BCUT2D eigenvalue weighted by atomic mass is 35.5. The number of hydrogen-bond donors (Lipinski definition) is 1. The molecule has 2 nitrogen and oxygen atoms in total. The number of aryl methyl sites for hydroxylation is 1. The molecule has 0 unspecified atom stereocenters. The van der Waals surface area contributed by atoms with E-state index in [-0.39, 0.29) is 0 Å². The predicted octanol–water partition coefficient (Wildman–Crippen LogP) is 4.79. The Balaban J connectivity index is 2.44. The molecular weight excluding hydrogens is 252 g/mol.